The molecule has 0 aromatic heterocycles. The van der Waals surface area contributed by atoms with E-state index in [1.54, 1.807) is 18.2 Å². The largest absolute Gasteiger partial charge is 0.456 e. The predicted molar refractivity (Wildman–Crippen MR) is 111 cm³/mol. The average Bonchev–Trinajstić information content (AvgIpc) is 3.35. The molecule has 3 aromatic carbocycles. The molecule has 1 saturated heterocycles. The van der Waals surface area contributed by atoms with Crippen molar-refractivity contribution in [2.75, 3.05) is 13.1 Å². The summed E-state index contributed by atoms with van der Waals surface area (Å²) in [5, 5.41) is 0.530. The topological polar surface area (TPSA) is 38.8 Å². The number of hydrogen-bond acceptors (Lipinski definition) is 3. The summed E-state index contributed by atoms with van der Waals surface area (Å²) in [5.74, 6) is 1.13. The fourth-order valence-electron chi connectivity index (χ4n) is 4.21. The smallest absolute Gasteiger partial charge is 0.254 e. The molecule has 4 nitrogen and oxygen atoms in total. The Bertz CT molecular complexity index is 1080. The Hall–Kier alpha value is -2.82. The van der Waals surface area contributed by atoms with Gasteiger partial charge in [-0.25, -0.2) is 0 Å². The molecular weight excluding hydrogens is 386 g/mol. The van der Waals surface area contributed by atoms with Gasteiger partial charge in [0.15, 0.2) is 0 Å². The number of rotatable bonds is 3. The van der Waals surface area contributed by atoms with Gasteiger partial charge in [-0.2, -0.15) is 0 Å². The van der Waals surface area contributed by atoms with Crippen LogP contribution in [0.5, 0.6) is 11.5 Å². The standard InChI is InChI=1S/C24H20ClNO3/c25-21-10-3-4-11-22(21)29-19-8-5-7-17(14-19)23(27)26-13-12-24(16-26)20-9-2-1-6-18(20)15-28-24/h1-11,14H,12-13,15-16H2/t24-/m0/s1. The summed E-state index contributed by atoms with van der Waals surface area (Å²) in [4.78, 5) is 15.0. The molecule has 0 radical (unpaired) electrons. The van der Waals surface area contributed by atoms with Crippen molar-refractivity contribution >= 4 is 17.5 Å². The number of para-hydroxylation sites is 1. The monoisotopic (exact) mass is 405 g/mol. The van der Waals surface area contributed by atoms with E-state index in [4.69, 9.17) is 21.1 Å². The first-order valence-corrected chi connectivity index (χ1v) is 10.1. The van der Waals surface area contributed by atoms with Gasteiger partial charge in [-0.1, -0.05) is 54.1 Å². The fraction of sp³-hybridized carbons (Fsp3) is 0.208. The molecule has 0 unspecified atom stereocenters. The molecule has 2 aliphatic heterocycles. The molecular formula is C24H20ClNO3. The molecule has 0 saturated carbocycles. The number of benzene rings is 3. The highest BCUT2D eigenvalue weighted by Crippen LogP contribution is 2.43. The van der Waals surface area contributed by atoms with Crippen LogP contribution in [0.15, 0.2) is 72.8 Å². The van der Waals surface area contributed by atoms with Gasteiger partial charge in [0.25, 0.3) is 5.91 Å². The average molecular weight is 406 g/mol. The Morgan fingerprint density at radius 2 is 1.86 bits per heavy atom. The summed E-state index contributed by atoms with van der Waals surface area (Å²) in [6, 6.07) is 22.8. The molecule has 0 N–H and O–H groups in total. The van der Waals surface area contributed by atoms with Gasteiger partial charge < -0.3 is 14.4 Å². The second kappa shape index (κ2) is 7.21. The quantitative estimate of drug-likeness (QED) is 0.585. The Kier molecular flexibility index (Phi) is 4.53. The van der Waals surface area contributed by atoms with Gasteiger partial charge in [0, 0.05) is 12.1 Å². The summed E-state index contributed by atoms with van der Waals surface area (Å²) >= 11 is 6.18. The van der Waals surface area contributed by atoms with Crippen LogP contribution in [0.2, 0.25) is 5.02 Å². The molecule has 146 valence electrons. The van der Waals surface area contributed by atoms with Crippen molar-refractivity contribution < 1.29 is 14.3 Å². The zero-order valence-corrected chi connectivity index (χ0v) is 16.6. The Balaban J connectivity index is 1.35. The normalized spacial score (nSPS) is 20.1. The van der Waals surface area contributed by atoms with Crippen molar-refractivity contribution in [3.8, 4) is 11.5 Å². The van der Waals surface area contributed by atoms with Crippen LogP contribution < -0.4 is 4.74 Å². The number of nitrogens with zero attached hydrogens (tertiary/aromatic N) is 1. The van der Waals surface area contributed by atoms with Crippen LogP contribution in [0.25, 0.3) is 0 Å². The third-order valence-electron chi connectivity index (χ3n) is 5.68. The molecule has 2 heterocycles. The van der Waals surface area contributed by atoms with Crippen LogP contribution in [0.3, 0.4) is 0 Å². The number of halogens is 1. The molecule has 0 aliphatic carbocycles. The summed E-state index contributed by atoms with van der Waals surface area (Å²) in [6.07, 6.45) is 0.811. The summed E-state index contributed by atoms with van der Waals surface area (Å²) < 4.78 is 12.0. The molecule has 5 heteroatoms. The van der Waals surface area contributed by atoms with Gasteiger partial charge in [0.2, 0.25) is 0 Å². The van der Waals surface area contributed by atoms with E-state index < -0.39 is 0 Å². The number of amides is 1. The van der Waals surface area contributed by atoms with Crippen LogP contribution in [0.4, 0.5) is 0 Å². The lowest BCUT2D eigenvalue weighted by Gasteiger charge is -2.25. The van der Waals surface area contributed by atoms with Crippen LogP contribution in [-0.4, -0.2) is 23.9 Å². The van der Waals surface area contributed by atoms with Gasteiger partial charge in [-0.15, -0.1) is 0 Å². The van der Waals surface area contributed by atoms with E-state index in [9.17, 15) is 4.79 Å². The Morgan fingerprint density at radius 1 is 1.03 bits per heavy atom. The molecule has 1 spiro atoms. The first-order chi connectivity index (χ1) is 14.1. The maximum Gasteiger partial charge on any atom is 0.254 e. The van der Waals surface area contributed by atoms with Crippen molar-refractivity contribution in [3.63, 3.8) is 0 Å². The number of hydrogen-bond donors (Lipinski definition) is 0. The van der Waals surface area contributed by atoms with Crippen LogP contribution in [0.1, 0.15) is 27.9 Å². The number of ether oxygens (including phenoxy) is 2. The lowest BCUT2D eigenvalue weighted by molar-refractivity contribution is -0.0282. The van der Waals surface area contributed by atoms with Gasteiger partial charge in [-0.05, 0) is 47.9 Å². The minimum absolute atomic E-state index is 0.0144. The molecule has 1 fully saturated rings. The number of carbonyl (C=O) groups excluding carboxylic acids is 1. The van der Waals surface area contributed by atoms with Crippen molar-refractivity contribution in [2.45, 2.75) is 18.6 Å². The van der Waals surface area contributed by atoms with Crippen LogP contribution in [-0.2, 0) is 16.9 Å². The van der Waals surface area contributed by atoms with Gasteiger partial charge in [0.05, 0.1) is 18.2 Å². The molecule has 5 rings (SSSR count). The first kappa shape index (κ1) is 18.2. The zero-order valence-electron chi connectivity index (χ0n) is 15.8. The molecule has 3 aromatic rings. The second-order valence-corrected chi connectivity index (χ2v) is 7.88. The first-order valence-electron chi connectivity index (χ1n) is 9.69. The lowest BCUT2D eigenvalue weighted by Crippen LogP contribution is -2.34. The second-order valence-electron chi connectivity index (χ2n) is 7.48. The zero-order chi connectivity index (χ0) is 19.8. The fourth-order valence-corrected chi connectivity index (χ4v) is 4.38. The van der Waals surface area contributed by atoms with Crippen LogP contribution in [0, 0.1) is 0 Å². The van der Waals surface area contributed by atoms with Crippen molar-refractivity contribution in [2.24, 2.45) is 0 Å². The Labute approximate surface area is 174 Å². The molecule has 1 atom stereocenters. The summed E-state index contributed by atoms with van der Waals surface area (Å²) in [6.45, 7) is 1.85. The third kappa shape index (κ3) is 3.28. The van der Waals surface area contributed by atoms with E-state index in [1.165, 1.54) is 11.1 Å². The molecule has 2 aliphatic rings. The van der Waals surface area contributed by atoms with E-state index in [0.29, 0.717) is 41.8 Å². The van der Waals surface area contributed by atoms with Gasteiger partial charge >= 0.3 is 0 Å². The minimum Gasteiger partial charge on any atom is -0.456 e. The van der Waals surface area contributed by atoms with E-state index >= 15 is 0 Å². The van der Waals surface area contributed by atoms with Crippen molar-refractivity contribution in [1.82, 2.24) is 4.90 Å². The van der Waals surface area contributed by atoms with Crippen molar-refractivity contribution in [3.05, 3.63) is 94.5 Å². The van der Waals surface area contributed by atoms with Gasteiger partial charge in [-0.3, -0.25) is 4.79 Å². The molecule has 29 heavy (non-hydrogen) atoms. The third-order valence-corrected chi connectivity index (χ3v) is 5.99. The van der Waals surface area contributed by atoms with Gasteiger partial charge in [0.1, 0.15) is 17.1 Å². The number of carbonyl (C=O) groups is 1. The van der Waals surface area contributed by atoms with E-state index in [-0.39, 0.29) is 11.5 Å². The highest BCUT2D eigenvalue weighted by Gasteiger charge is 2.46. The SMILES string of the molecule is O=C(c1cccc(Oc2ccccc2Cl)c1)N1CC[C@@]2(C1)OCc1ccccc12. The lowest BCUT2D eigenvalue weighted by atomic mass is 9.92. The molecule has 0 bridgehead atoms. The minimum atomic E-state index is -0.377. The maximum absolute atomic E-state index is 13.2. The summed E-state index contributed by atoms with van der Waals surface area (Å²) in [7, 11) is 0. The number of likely N-dealkylation sites (tertiary alicyclic amines) is 1. The molecule has 1 amide bonds. The maximum atomic E-state index is 13.2. The van der Waals surface area contributed by atoms with E-state index in [0.717, 1.165) is 6.42 Å². The highest BCUT2D eigenvalue weighted by molar-refractivity contribution is 6.32. The van der Waals surface area contributed by atoms with E-state index in [2.05, 4.69) is 12.1 Å². The van der Waals surface area contributed by atoms with Crippen molar-refractivity contribution in [1.29, 1.82) is 0 Å². The van der Waals surface area contributed by atoms with Crippen LogP contribution >= 0.6 is 11.6 Å². The predicted octanol–water partition coefficient (Wildman–Crippen LogP) is 5.40. The number of fused-ring (bicyclic) bond motifs is 2. The van der Waals surface area contributed by atoms with E-state index in [1.807, 2.05) is 47.4 Å². The highest BCUT2D eigenvalue weighted by atomic mass is 35.5. The summed E-state index contributed by atoms with van der Waals surface area (Å²) in [5.41, 5.74) is 2.65. The Morgan fingerprint density at radius 3 is 2.76 bits per heavy atom.